The first-order valence-electron chi connectivity index (χ1n) is 7.17. The summed E-state index contributed by atoms with van der Waals surface area (Å²) in [5.41, 5.74) is 1.15. The summed E-state index contributed by atoms with van der Waals surface area (Å²) in [5.74, 6) is 0.551. The summed E-state index contributed by atoms with van der Waals surface area (Å²) in [6.45, 7) is 4.67. The van der Waals surface area contributed by atoms with Crippen LogP contribution in [0.2, 0.25) is 0 Å². The van der Waals surface area contributed by atoms with Crippen LogP contribution < -0.4 is 0 Å². The maximum Gasteiger partial charge on any atom is 0.243 e. The molecule has 0 aliphatic carbocycles. The lowest BCUT2D eigenvalue weighted by Crippen LogP contribution is -2.37. The van der Waals surface area contributed by atoms with E-state index < -0.39 is 10.0 Å². The van der Waals surface area contributed by atoms with E-state index in [1.165, 1.54) is 4.31 Å². The van der Waals surface area contributed by atoms with E-state index in [2.05, 4.69) is 13.8 Å². The molecule has 1 aromatic rings. The Bertz CT molecular complexity index is 537. The first kappa shape index (κ1) is 15.5. The van der Waals surface area contributed by atoms with Crippen LogP contribution in [0.25, 0.3) is 0 Å². The van der Waals surface area contributed by atoms with Crippen LogP contribution in [-0.4, -0.2) is 37.0 Å². The van der Waals surface area contributed by atoms with E-state index in [1.54, 1.807) is 12.1 Å². The lowest BCUT2D eigenvalue weighted by molar-refractivity contribution is 0.213. The standard InChI is InChI=1S/C15H23NO3S/c1-12(2)10-13-5-7-15(8-6-13)20(18,19)16-9-3-4-14(16)11-17/h5-8,12,14,17H,3-4,9-11H2,1-2H3/t14-/m1/s1. The van der Waals surface area contributed by atoms with Crippen molar-refractivity contribution in [2.75, 3.05) is 13.2 Å². The van der Waals surface area contributed by atoms with Crippen molar-refractivity contribution in [1.29, 1.82) is 0 Å². The summed E-state index contributed by atoms with van der Waals surface area (Å²) in [6.07, 6.45) is 2.50. The van der Waals surface area contributed by atoms with E-state index in [-0.39, 0.29) is 12.6 Å². The van der Waals surface area contributed by atoms with Crippen molar-refractivity contribution in [3.05, 3.63) is 29.8 Å². The summed E-state index contributed by atoms with van der Waals surface area (Å²) in [7, 11) is -3.47. The molecule has 1 aromatic carbocycles. The van der Waals surface area contributed by atoms with Gasteiger partial charge in [-0.15, -0.1) is 0 Å². The number of aliphatic hydroxyl groups is 1. The van der Waals surface area contributed by atoms with Gasteiger partial charge in [0, 0.05) is 12.6 Å². The highest BCUT2D eigenvalue weighted by molar-refractivity contribution is 7.89. The first-order valence-corrected chi connectivity index (χ1v) is 8.61. The van der Waals surface area contributed by atoms with Gasteiger partial charge in [0.1, 0.15) is 0 Å². The maximum atomic E-state index is 12.6. The summed E-state index contributed by atoms with van der Waals surface area (Å²) < 4.78 is 26.5. The van der Waals surface area contributed by atoms with Crippen molar-refractivity contribution in [2.45, 2.75) is 44.0 Å². The van der Waals surface area contributed by atoms with Gasteiger partial charge in [-0.1, -0.05) is 26.0 Å². The van der Waals surface area contributed by atoms with E-state index >= 15 is 0 Å². The fourth-order valence-corrected chi connectivity index (χ4v) is 4.40. The molecule has 1 fully saturated rings. The van der Waals surface area contributed by atoms with E-state index in [0.29, 0.717) is 17.4 Å². The number of hydrogen-bond donors (Lipinski definition) is 1. The van der Waals surface area contributed by atoms with Gasteiger partial charge in [0.05, 0.1) is 11.5 Å². The predicted molar refractivity (Wildman–Crippen MR) is 79.0 cm³/mol. The second-order valence-electron chi connectivity index (χ2n) is 5.84. The zero-order chi connectivity index (χ0) is 14.8. The molecule has 0 saturated carbocycles. The van der Waals surface area contributed by atoms with Crippen molar-refractivity contribution >= 4 is 10.0 Å². The SMILES string of the molecule is CC(C)Cc1ccc(S(=O)(=O)N2CCC[C@@H]2CO)cc1. The quantitative estimate of drug-likeness (QED) is 0.904. The van der Waals surface area contributed by atoms with Crippen molar-refractivity contribution < 1.29 is 13.5 Å². The Kier molecular flexibility index (Phi) is 4.83. The highest BCUT2D eigenvalue weighted by atomic mass is 32.2. The molecule has 4 nitrogen and oxygen atoms in total. The Morgan fingerprint density at radius 3 is 2.50 bits per heavy atom. The number of rotatable bonds is 5. The van der Waals surface area contributed by atoms with Gasteiger partial charge in [-0.3, -0.25) is 0 Å². The minimum absolute atomic E-state index is 0.106. The second kappa shape index (κ2) is 6.24. The fourth-order valence-electron chi connectivity index (χ4n) is 2.71. The van der Waals surface area contributed by atoms with Gasteiger partial charge < -0.3 is 5.11 Å². The Morgan fingerprint density at radius 2 is 1.95 bits per heavy atom. The molecule has 20 heavy (non-hydrogen) atoms. The third kappa shape index (κ3) is 3.22. The van der Waals surface area contributed by atoms with Crippen LogP contribution in [0.1, 0.15) is 32.3 Å². The number of sulfonamides is 1. The smallest absolute Gasteiger partial charge is 0.243 e. The van der Waals surface area contributed by atoms with Gasteiger partial charge in [0.25, 0.3) is 0 Å². The molecular weight excluding hydrogens is 274 g/mol. The Morgan fingerprint density at radius 1 is 1.30 bits per heavy atom. The third-order valence-electron chi connectivity index (χ3n) is 3.71. The van der Waals surface area contributed by atoms with Crippen molar-refractivity contribution in [1.82, 2.24) is 4.31 Å². The zero-order valence-corrected chi connectivity index (χ0v) is 12.9. The minimum Gasteiger partial charge on any atom is -0.395 e. The normalized spacial score (nSPS) is 20.7. The monoisotopic (exact) mass is 297 g/mol. The number of hydrogen-bond acceptors (Lipinski definition) is 3. The second-order valence-corrected chi connectivity index (χ2v) is 7.73. The largest absolute Gasteiger partial charge is 0.395 e. The van der Waals surface area contributed by atoms with Crippen LogP contribution in [0.4, 0.5) is 0 Å². The molecule has 1 heterocycles. The summed E-state index contributed by atoms with van der Waals surface area (Å²) >= 11 is 0. The molecule has 0 bridgehead atoms. The molecule has 0 aromatic heterocycles. The van der Waals surface area contributed by atoms with Gasteiger partial charge in [-0.05, 0) is 42.9 Å². The fraction of sp³-hybridized carbons (Fsp3) is 0.600. The highest BCUT2D eigenvalue weighted by Gasteiger charge is 2.34. The molecule has 1 N–H and O–H groups in total. The molecule has 1 aliphatic heterocycles. The van der Waals surface area contributed by atoms with Crippen LogP contribution in [-0.2, 0) is 16.4 Å². The molecule has 0 radical (unpaired) electrons. The predicted octanol–water partition coefficient (Wildman–Crippen LogP) is 2.03. The van der Waals surface area contributed by atoms with E-state index in [1.807, 2.05) is 12.1 Å². The van der Waals surface area contributed by atoms with Crippen LogP contribution in [0, 0.1) is 5.92 Å². The van der Waals surface area contributed by atoms with Crippen LogP contribution in [0.3, 0.4) is 0 Å². The molecule has 0 spiro atoms. The molecule has 1 aliphatic rings. The molecule has 1 saturated heterocycles. The van der Waals surface area contributed by atoms with Gasteiger partial charge >= 0.3 is 0 Å². The lowest BCUT2D eigenvalue weighted by Gasteiger charge is -2.22. The summed E-state index contributed by atoms with van der Waals surface area (Å²) in [6, 6.07) is 6.86. The van der Waals surface area contributed by atoms with Crippen molar-refractivity contribution in [3.63, 3.8) is 0 Å². The zero-order valence-electron chi connectivity index (χ0n) is 12.1. The minimum atomic E-state index is -3.47. The average molecular weight is 297 g/mol. The van der Waals surface area contributed by atoms with E-state index in [9.17, 15) is 13.5 Å². The highest BCUT2D eigenvalue weighted by Crippen LogP contribution is 2.26. The van der Waals surface area contributed by atoms with Crippen molar-refractivity contribution in [2.24, 2.45) is 5.92 Å². The third-order valence-corrected chi connectivity index (χ3v) is 5.67. The lowest BCUT2D eigenvalue weighted by atomic mass is 10.0. The van der Waals surface area contributed by atoms with Crippen molar-refractivity contribution in [3.8, 4) is 0 Å². The molecule has 1 atom stereocenters. The Hall–Kier alpha value is -0.910. The summed E-state index contributed by atoms with van der Waals surface area (Å²) in [5, 5.41) is 9.28. The first-order chi connectivity index (χ1) is 9.45. The van der Waals surface area contributed by atoms with Crippen LogP contribution >= 0.6 is 0 Å². The number of nitrogens with zero attached hydrogens (tertiary/aromatic N) is 1. The van der Waals surface area contributed by atoms with Crippen LogP contribution in [0.15, 0.2) is 29.2 Å². The van der Waals surface area contributed by atoms with Crippen LogP contribution in [0.5, 0.6) is 0 Å². The van der Waals surface area contributed by atoms with Gasteiger partial charge in [-0.2, -0.15) is 4.31 Å². The van der Waals surface area contributed by atoms with Gasteiger partial charge in [0.2, 0.25) is 10.0 Å². The Labute approximate surface area is 121 Å². The molecule has 0 amide bonds. The maximum absolute atomic E-state index is 12.6. The molecule has 0 unspecified atom stereocenters. The summed E-state index contributed by atoms with van der Waals surface area (Å²) in [4.78, 5) is 0.324. The van der Waals surface area contributed by atoms with E-state index in [4.69, 9.17) is 0 Å². The number of aliphatic hydroxyl groups excluding tert-OH is 1. The topological polar surface area (TPSA) is 57.6 Å². The number of benzene rings is 1. The average Bonchev–Trinajstić information content (AvgIpc) is 2.87. The molecular formula is C15H23NO3S. The van der Waals surface area contributed by atoms with Gasteiger partial charge in [0.15, 0.2) is 0 Å². The molecule has 2 rings (SSSR count). The Balaban J connectivity index is 2.21. The van der Waals surface area contributed by atoms with E-state index in [0.717, 1.165) is 24.8 Å². The molecule has 112 valence electrons. The molecule has 5 heteroatoms. The van der Waals surface area contributed by atoms with Gasteiger partial charge in [-0.25, -0.2) is 8.42 Å².